The maximum Gasteiger partial charge on any atom is 0.0793 e. The van der Waals surface area contributed by atoms with Crippen LogP contribution in [0.1, 0.15) is 37.4 Å². The van der Waals surface area contributed by atoms with Crippen LogP contribution in [-0.2, 0) is 0 Å². The molecule has 1 nitrogen and oxygen atoms in total. The third-order valence-electron chi connectivity index (χ3n) is 3.05. The van der Waals surface area contributed by atoms with Crippen LogP contribution in [0.15, 0.2) is 27.1 Å². The summed E-state index contributed by atoms with van der Waals surface area (Å²) < 4.78 is 2.03. The summed E-state index contributed by atoms with van der Waals surface area (Å²) in [7, 11) is 0. The zero-order valence-corrected chi connectivity index (χ0v) is 11.6. The third-order valence-corrected chi connectivity index (χ3v) is 3.97. The normalized spacial score (nSPS) is 18.6. The minimum Gasteiger partial charge on any atom is -0.388 e. The molecule has 0 aliphatic heterocycles. The Kier molecular flexibility index (Phi) is 3.86. The van der Waals surface area contributed by atoms with Crippen molar-refractivity contribution >= 4 is 31.9 Å². The fourth-order valence-corrected chi connectivity index (χ4v) is 3.28. The monoisotopic (exact) mass is 332 g/mol. The third kappa shape index (κ3) is 3.05. The van der Waals surface area contributed by atoms with Gasteiger partial charge in [-0.05, 0) is 36.1 Å². The number of aliphatic hydroxyl groups is 1. The smallest absolute Gasteiger partial charge is 0.0793 e. The van der Waals surface area contributed by atoms with Gasteiger partial charge in [-0.15, -0.1) is 0 Å². The molecule has 2 rings (SSSR count). The van der Waals surface area contributed by atoms with E-state index in [2.05, 4.69) is 31.9 Å². The van der Waals surface area contributed by atoms with E-state index in [1.54, 1.807) is 0 Å². The van der Waals surface area contributed by atoms with E-state index in [4.69, 9.17) is 0 Å². The summed E-state index contributed by atoms with van der Waals surface area (Å²) in [4.78, 5) is 0. The van der Waals surface area contributed by atoms with Gasteiger partial charge in [0.1, 0.15) is 0 Å². The van der Waals surface area contributed by atoms with Crippen molar-refractivity contribution in [3.63, 3.8) is 0 Å². The Morgan fingerprint density at radius 1 is 1.20 bits per heavy atom. The van der Waals surface area contributed by atoms with Crippen LogP contribution >= 0.6 is 31.9 Å². The Balaban J connectivity index is 2.06. The van der Waals surface area contributed by atoms with Gasteiger partial charge in [0.25, 0.3) is 0 Å². The highest BCUT2D eigenvalue weighted by Crippen LogP contribution is 2.35. The van der Waals surface area contributed by atoms with Gasteiger partial charge in [0.2, 0.25) is 0 Å². The van der Waals surface area contributed by atoms with Gasteiger partial charge >= 0.3 is 0 Å². The lowest BCUT2D eigenvalue weighted by molar-refractivity contribution is 0.118. The molecule has 1 saturated carbocycles. The molecule has 1 N–H and O–H groups in total. The van der Waals surface area contributed by atoms with E-state index in [1.165, 1.54) is 19.3 Å². The Labute approximate surface area is 107 Å². The molecule has 0 spiro atoms. The molecule has 82 valence electrons. The van der Waals surface area contributed by atoms with Gasteiger partial charge in [-0.2, -0.15) is 0 Å². The summed E-state index contributed by atoms with van der Waals surface area (Å²) in [5.74, 6) is 0.734. The Bertz CT molecular complexity index is 327. The number of aliphatic hydroxyl groups excluding tert-OH is 1. The zero-order chi connectivity index (χ0) is 10.8. The van der Waals surface area contributed by atoms with Crippen LogP contribution in [0.5, 0.6) is 0 Å². The molecule has 1 aromatic rings. The molecule has 0 heterocycles. The molecule has 3 heteroatoms. The maximum absolute atomic E-state index is 10.1. The van der Waals surface area contributed by atoms with E-state index < -0.39 is 0 Å². The average molecular weight is 334 g/mol. The van der Waals surface area contributed by atoms with Crippen molar-refractivity contribution in [2.45, 2.75) is 31.8 Å². The Morgan fingerprint density at radius 3 is 2.27 bits per heavy atom. The SMILES string of the molecule is OC(CC1CCC1)c1cc(Br)cc(Br)c1. The summed E-state index contributed by atoms with van der Waals surface area (Å²) >= 11 is 6.87. The summed E-state index contributed by atoms with van der Waals surface area (Å²) in [5, 5.41) is 10.1. The maximum atomic E-state index is 10.1. The minimum absolute atomic E-state index is 0.316. The highest BCUT2D eigenvalue weighted by molar-refractivity contribution is 9.11. The lowest BCUT2D eigenvalue weighted by Gasteiger charge is -2.27. The molecule has 1 unspecified atom stereocenters. The van der Waals surface area contributed by atoms with Gasteiger partial charge in [-0.1, -0.05) is 51.1 Å². The van der Waals surface area contributed by atoms with Gasteiger partial charge < -0.3 is 5.11 Å². The van der Waals surface area contributed by atoms with E-state index in [1.807, 2.05) is 18.2 Å². The quantitative estimate of drug-likeness (QED) is 0.867. The summed E-state index contributed by atoms with van der Waals surface area (Å²) in [5.41, 5.74) is 1.00. The van der Waals surface area contributed by atoms with Crippen LogP contribution in [0.4, 0.5) is 0 Å². The van der Waals surface area contributed by atoms with Crippen LogP contribution in [0, 0.1) is 5.92 Å². The second-order valence-electron chi connectivity index (χ2n) is 4.25. The number of halogens is 2. The van der Waals surface area contributed by atoms with Gasteiger partial charge in [0.05, 0.1) is 6.10 Å². The first-order valence-electron chi connectivity index (χ1n) is 5.29. The first kappa shape index (κ1) is 11.6. The van der Waals surface area contributed by atoms with Gasteiger partial charge in [-0.25, -0.2) is 0 Å². The van der Waals surface area contributed by atoms with Crippen molar-refractivity contribution in [1.29, 1.82) is 0 Å². The van der Waals surface area contributed by atoms with E-state index in [0.29, 0.717) is 0 Å². The van der Waals surface area contributed by atoms with Crippen molar-refractivity contribution in [3.05, 3.63) is 32.7 Å². The second kappa shape index (κ2) is 4.98. The zero-order valence-electron chi connectivity index (χ0n) is 8.42. The topological polar surface area (TPSA) is 20.2 Å². The Hall–Kier alpha value is 0.140. The first-order chi connectivity index (χ1) is 7.15. The minimum atomic E-state index is -0.316. The van der Waals surface area contributed by atoms with Crippen molar-refractivity contribution in [1.82, 2.24) is 0 Å². The van der Waals surface area contributed by atoms with Crippen LogP contribution < -0.4 is 0 Å². The van der Waals surface area contributed by atoms with Gasteiger partial charge in [0, 0.05) is 8.95 Å². The standard InChI is InChI=1S/C12H14Br2O/c13-10-5-9(6-11(14)7-10)12(15)4-8-2-1-3-8/h5-8,12,15H,1-4H2. The summed E-state index contributed by atoms with van der Waals surface area (Å²) in [6, 6.07) is 5.97. The van der Waals surface area contributed by atoms with Crippen molar-refractivity contribution in [2.24, 2.45) is 5.92 Å². The molecule has 0 bridgehead atoms. The average Bonchev–Trinajstić information content (AvgIpc) is 2.09. The lowest BCUT2D eigenvalue weighted by Crippen LogP contribution is -2.14. The molecule has 0 aromatic heterocycles. The van der Waals surface area contributed by atoms with E-state index in [0.717, 1.165) is 26.8 Å². The van der Waals surface area contributed by atoms with Crippen LogP contribution in [0.3, 0.4) is 0 Å². The highest BCUT2D eigenvalue weighted by atomic mass is 79.9. The molecular formula is C12H14Br2O. The van der Waals surface area contributed by atoms with Gasteiger partial charge in [-0.3, -0.25) is 0 Å². The number of hydrogen-bond acceptors (Lipinski definition) is 1. The van der Waals surface area contributed by atoms with Crippen LogP contribution in [-0.4, -0.2) is 5.11 Å². The number of benzene rings is 1. The summed E-state index contributed by atoms with van der Waals surface area (Å²) in [6.07, 6.45) is 4.49. The fourth-order valence-electron chi connectivity index (χ4n) is 1.95. The molecule has 1 aliphatic rings. The molecule has 0 saturated heterocycles. The van der Waals surface area contributed by atoms with Crippen LogP contribution in [0.2, 0.25) is 0 Å². The predicted octanol–water partition coefficient (Wildman–Crippen LogP) is 4.44. The molecule has 0 radical (unpaired) electrons. The van der Waals surface area contributed by atoms with Crippen LogP contribution in [0.25, 0.3) is 0 Å². The molecule has 0 amide bonds. The summed E-state index contributed by atoms with van der Waals surface area (Å²) in [6.45, 7) is 0. The number of hydrogen-bond donors (Lipinski definition) is 1. The van der Waals surface area contributed by atoms with E-state index in [9.17, 15) is 5.11 Å². The van der Waals surface area contributed by atoms with Crippen molar-refractivity contribution < 1.29 is 5.11 Å². The van der Waals surface area contributed by atoms with Crippen molar-refractivity contribution in [3.8, 4) is 0 Å². The first-order valence-corrected chi connectivity index (χ1v) is 6.88. The second-order valence-corrected chi connectivity index (χ2v) is 6.08. The molecule has 1 fully saturated rings. The fraction of sp³-hybridized carbons (Fsp3) is 0.500. The predicted molar refractivity (Wildman–Crippen MR) is 68.8 cm³/mol. The highest BCUT2D eigenvalue weighted by Gasteiger charge is 2.21. The molecule has 1 atom stereocenters. The van der Waals surface area contributed by atoms with E-state index in [-0.39, 0.29) is 6.10 Å². The Morgan fingerprint density at radius 2 is 1.80 bits per heavy atom. The lowest BCUT2D eigenvalue weighted by atomic mass is 9.80. The largest absolute Gasteiger partial charge is 0.388 e. The van der Waals surface area contributed by atoms with Crippen molar-refractivity contribution in [2.75, 3.05) is 0 Å². The van der Waals surface area contributed by atoms with E-state index >= 15 is 0 Å². The molecule has 1 aliphatic carbocycles. The molecule has 1 aromatic carbocycles. The molecule has 15 heavy (non-hydrogen) atoms. The molecular weight excluding hydrogens is 320 g/mol. The van der Waals surface area contributed by atoms with Gasteiger partial charge in [0.15, 0.2) is 0 Å². The number of rotatable bonds is 3.